The summed E-state index contributed by atoms with van der Waals surface area (Å²) in [5.74, 6) is 0. The molecule has 0 fully saturated rings. The Morgan fingerprint density at radius 2 is 1.87 bits per heavy atom. The molecule has 0 amide bonds. The number of hydrogen-bond acceptors (Lipinski definition) is 1. The summed E-state index contributed by atoms with van der Waals surface area (Å²) in [6.07, 6.45) is -0.192. The van der Waals surface area contributed by atoms with E-state index in [0.717, 1.165) is 46.0 Å². The lowest BCUT2D eigenvalue weighted by atomic mass is 9.87. The van der Waals surface area contributed by atoms with E-state index in [9.17, 15) is 13.0 Å². The molecule has 1 aliphatic carbocycles. The Labute approximate surface area is 142 Å². The van der Waals surface area contributed by atoms with Crippen LogP contribution in [-0.4, -0.2) is 29.6 Å². The molecule has 23 heavy (non-hydrogen) atoms. The standard InChI is InChI=1S/C16H18BBrF3N2/c1-10-8-13-5-4-12-9-14(18)6-7-15(12)16(13)23(10)17(20,21)22(3)11(2)19/h6-9,11H,4-5H2,1-3H3/q-1. The fourth-order valence-corrected chi connectivity index (χ4v) is 3.72. The van der Waals surface area contributed by atoms with Crippen molar-refractivity contribution in [2.24, 2.45) is 0 Å². The lowest BCUT2D eigenvalue weighted by molar-refractivity contribution is 0.169. The Morgan fingerprint density at radius 3 is 2.52 bits per heavy atom. The number of aromatic nitrogens is 1. The van der Waals surface area contributed by atoms with Crippen LogP contribution in [0.15, 0.2) is 28.7 Å². The molecule has 0 aliphatic heterocycles. The van der Waals surface area contributed by atoms with Crippen LogP contribution in [-0.2, 0) is 12.8 Å². The van der Waals surface area contributed by atoms with Crippen molar-refractivity contribution in [3.05, 3.63) is 45.6 Å². The molecule has 1 unspecified atom stereocenters. The summed E-state index contributed by atoms with van der Waals surface area (Å²) in [5, 5.41) is 0. The molecule has 124 valence electrons. The second-order valence-corrected chi connectivity index (χ2v) is 7.07. The molecule has 0 spiro atoms. The van der Waals surface area contributed by atoms with Gasteiger partial charge in [-0.1, -0.05) is 22.0 Å². The monoisotopic (exact) mass is 385 g/mol. The number of fused-ring (bicyclic) bond motifs is 3. The van der Waals surface area contributed by atoms with Gasteiger partial charge in [0.1, 0.15) is 6.30 Å². The van der Waals surface area contributed by atoms with Crippen molar-refractivity contribution >= 4 is 22.9 Å². The van der Waals surface area contributed by atoms with E-state index in [2.05, 4.69) is 15.9 Å². The fourth-order valence-electron chi connectivity index (χ4n) is 3.31. The second kappa shape index (κ2) is 5.70. The van der Waals surface area contributed by atoms with E-state index in [1.165, 1.54) is 0 Å². The predicted molar refractivity (Wildman–Crippen MR) is 91.4 cm³/mol. The zero-order valence-electron chi connectivity index (χ0n) is 13.3. The van der Waals surface area contributed by atoms with Crippen molar-refractivity contribution in [2.45, 2.75) is 33.0 Å². The van der Waals surface area contributed by atoms with Gasteiger partial charge >= 0.3 is 6.97 Å². The van der Waals surface area contributed by atoms with Crippen molar-refractivity contribution in [3.8, 4) is 11.3 Å². The van der Waals surface area contributed by atoms with Crippen LogP contribution >= 0.6 is 15.9 Å². The van der Waals surface area contributed by atoms with Gasteiger partial charge in [0.05, 0.1) is 0 Å². The first-order chi connectivity index (χ1) is 10.7. The van der Waals surface area contributed by atoms with E-state index in [1.54, 1.807) is 13.0 Å². The molecule has 2 nitrogen and oxygen atoms in total. The van der Waals surface area contributed by atoms with E-state index in [0.29, 0.717) is 22.6 Å². The maximum atomic E-state index is 15.0. The maximum Gasteiger partial charge on any atom is 0.501 e. The lowest BCUT2D eigenvalue weighted by Crippen LogP contribution is -2.54. The Kier molecular flexibility index (Phi) is 4.13. The van der Waals surface area contributed by atoms with Crippen molar-refractivity contribution in [2.75, 3.05) is 7.05 Å². The van der Waals surface area contributed by atoms with Gasteiger partial charge < -0.3 is 17.9 Å². The maximum absolute atomic E-state index is 15.0. The molecule has 2 aromatic rings. The molecule has 3 rings (SSSR count). The molecule has 7 heteroatoms. The fraction of sp³-hybridized carbons (Fsp3) is 0.375. The van der Waals surface area contributed by atoms with Gasteiger partial charge in [-0.25, -0.2) is 4.39 Å². The summed E-state index contributed by atoms with van der Waals surface area (Å²) in [5.41, 5.74) is 3.73. The molecular formula is C16H18BBrF3N2-. The molecule has 0 bridgehead atoms. The number of nitrogens with zero attached hydrogens (tertiary/aromatic N) is 2. The number of benzene rings is 1. The molecular weight excluding hydrogens is 368 g/mol. The van der Waals surface area contributed by atoms with Gasteiger partial charge in [-0.2, -0.15) is 0 Å². The minimum absolute atomic E-state index is 0.461. The van der Waals surface area contributed by atoms with Crippen LogP contribution in [0.3, 0.4) is 0 Å². The zero-order chi connectivity index (χ0) is 16.9. The van der Waals surface area contributed by atoms with Gasteiger partial charge in [0.15, 0.2) is 0 Å². The molecule has 1 aliphatic rings. The molecule has 0 saturated heterocycles. The SMILES string of the molecule is Cc1cc2c(n1[B-](F)(F)N(C)C(C)F)-c1ccc(Br)cc1CC2. The molecule has 1 aromatic carbocycles. The Morgan fingerprint density at radius 1 is 1.22 bits per heavy atom. The highest BCUT2D eigenvalue weighted by molar-refractivity contribution is 9.10. The smallest absolute Gasteiger partial charge is 0.450 e. The summed E-state index contributed by atoms with van der Waals surface area (Å²) in [4.78, 5) is 0.514. The first kappa shape index (κ1) is 16.6. The van der Waals surface area contributed by atoms with Gasteiger partial charge in [0, 0.05) is 10.2 Å². The van der Waals surface area contributed by atoms with Crippen molar-refractivity contribution in [1.29, 1.82) is 0 Å². The average Bonchev–Trinajstić information content (AvgIpc) is 2.82. The summed E-state index contributed by atoms with van der Waals surface area (Å²) < 4.78 is 45.4. The van der Waals surface area contributed by atoms with Gasteiger partial charge in [0.25, 0.3) is 0 Å². The summed E-state index contributed by atoms with van der Waals surface area (Å²) in [7, 11) is 1.13. The predicted octanol–water partition coefficient (Wildman–Crippen LogP) is 4.79. The van der Waals surface area contributed by atoms with Crippen LogP contribution in [0.1, 0.15) is 23.7 Å². The van der Waals surface area contributed by atoms with Crippen molar-refractivity contribution in [1.82, 2.24) is 9.29 Å². The zero-order valence-corrected chi connectivity index (χ0v) is 14.9. The van der Waals surface area contributed by atoms with E-state index < -0.39 is 13.3 Å². The number of hydrogen-bond donors (Lipinski definition) is 0. The molecule has 0 radical (unpaired) electrons. The van der Waals surface area contributed by atoms with E-state index >= 15 is 0 Å². The minimum Gasteiger partial charge on any atom is -0.450 e. The molecule has 1 aromatic heterocycles. The highest BCUT2D eigenvalue weighted by atomic mass is 79.9. The summed E-state index contributed by atoms with van der Waals surface area (Å²) in [6, 6.07) is 7.48. The molecule has 0 saturated carbocycles. The number of rotatable bonds is 3. The van der Waals surface area contributed by atoms with Gasteiger partial charge in [-0.3, -0.25) is 0 Å². The highest BCUT2D eigenvalue weighted by Crippen LogP contribution is 2.39. The average molecular weight is 386 g/mol. The second-order valence-electron chi connectivity index (χ2n) is 6.16. The topological polar surface area (TPSA) is 8.17 Å². The van der Waals surface area contributed by atoms with Crippen molar-refractivity contribution < 1.29 is 13.0 Å². The van der Waals surface area contributed by atoms with E-state index in [4.69, 9.17) is 0 Å². The summed E-state index contributed by atoms with van der Waals surface area (Å²) in [6.45, 7) is -1.41. The Hall–Kier alpha value is -1.21. The molecule has 1 atom stereocenters. The largest absolute Gasteiger partial charge is 0.501 e. The number of halogens is 4. The number of alkyl halides is 1. The van der Waals surface area contributed by atoms with Gasteiger partial charge in [-0.15, -0.1) is 0 Å². The molecule has 1 heterocycles. The summed E-state index contributed by atoms with van der Waals surface area (Å²) >= 11 is 3.43. The van der Waals surface area contributed by atoms with Crippen LogP contribution in [0.25, 0.3) is 11.3 Å². The number of aryl methyl sites for hydroxylation is 3. The molecule has 0 N–H and O–H groups in total. The van der Waals surface area contributed by atoms with Gasteiger partial charge in [0.2, 0.25) is 0 Å². The van der Waals surface area contributed by atoms with E-state index in [1.807, 2.05) is 18.2 Å². The van der Waals surface area contributed by atoms with Crippen LogP contribution in [0, 0.1) is 6.92 Å². The third kappa shape index (κ3) is 2.64. The first-order valence-electron chi connectivity index (χ1n) is 7.61. The quantitative estimate of drug-likeness (QED) is 0.544. The van der Waals surface area contributed by atoms with Crippen molar-refractivity contribution in [3.63, 3.8) is 0 Å². The first-order valence-corrected chi connectivity index (χ1v) is 8.41. The normalized spacial score (nSPS) is 15.5. The minimum atomic E-state index is -4.20. The van der Waals surface area contributed by atoms with E-state index in [-0.39, 0.29) is 0 Å². The Balaban J connectivity index is 2.22. The lowest BCUT2D eigenvalue weighted by Gasteiger charge is -2.40. The third-order valence-electron chi connectivity index (χ3n) is 4.66. The van der Waals surface area contributed by atoms with Crippen LogP contribution in [0.2, 0.25) is 0 Å². The third-order valence-corrected chi connectivity index (χ3v) is 5.15. The Bertz CT molecular complexity index is 758. The van der Waals surface area contributed by atoms with Gasteiger partial charge in [-0.05, 0) is 74.3 Å². The van der Waals surface area contributed by atoms with Crippen LogP contribution < -0.4 is 0 Å². The van der Waals surface area contributed by atoms with Crippen LogP contribution in [0.4, 0.5) is 13.0 Å². The highest BCUT2D eigenvalue weighted by Gasteiger charge is 2.39. The van der Waals surface area contributed by atoms with Crippen LogP contribution in [0.5, 0.6) is 0 Å².